The third-order valence-corrected chi connectivity index (χ3v) is 6.84. The van der Waals surface area contributed by atoms with Gasteiger partial charge in [0.2, 0.25) is 0 Å². The Bertz CT molecular complexity index is 1380. The zero-order chi connectivity index (χ0) is 27.8. The molecule has 0 aromatic heterocycles. The number of carbonyl (C=O) groups is 2. The minimum Gasteiger partial charge on any atom is -0.507 e. The average molecular weight is 515 g/mol. The van der Waals surface area contributed by atoms with Crippen LogP contribution in [0, 0.1) is 0 Å². The van der Waals surface area contributed by atoms with Crippen LogP contribution in [0.25, 0.3) is 5.76 Å². The zero-order valence-corrected chi connectivity index (χ0v) is 22.9. The lowest BCUT2D eigenvalue weighted by Crippen LogP contribution is -2.29. The van der Waals surface area contributed by atoms with E-state index < -0.39 is 17.7 Å². The first-order valence-electron chi connectivity index (χ1n) is 12.4. The molecule has 1 N–H and O–H groups in total. The van der Waals surface area contributed by atoms with E-state index in [9.17, 15) is 14.7 Å². The standard InChI is InChI=1S/C31H34N2O5/c1-31(2,3)20-10-14-22(15-11-20)33-27(19-8-12-21(13-9-19)32(4)5)26(29(35)30(33)36)28(34)24-18-23(37-6)16-17-25(24)38-7/h8-18,27,34H,1-7H3/b28-26+. The molecule has 1 aliphatic heterocycles. The SMILES string of the molecule is COc1ccc(OC)c(/C(O)=C2\C(=O)C(=O)N(c3ccc(C(C)(C)C)cc3)C2c2ccc(N(C)C)cc2)c1. The summed E-state index contributed by atoms with van der Waals surface area (Å²) in [6, 6.07) is 19.3. The average Bonchev–Trinajstić information content (AvgIpc) is 3.17. The molecule has 4 rings (SSSR count). The monoisotopic (exact) mass is 514 g/mol. The maximum Gasteiger partial charge on any atom is 0.300 e. The molecule has 0 spiro atoms. The molecule has 0 saturated carbocycles. The highest BCUT2D eigenvalue weighted by Gasteiger charge is 2.47. The molecule has 0 bridgehead atoms. The fourth-order valence-corrected chi connectivity index (χ4v) is 4.64. The molecule has 198 valence electrons. The van der Waals surface area contributed by atoms with Gasteiger partial charge in [0.05, 0.1) is 31.4 Å². The molecular weight excluding hydrogens is 480 g/mol. The minimum atomic E-state index is -0.845. The van der Waals surface area contributed by atoms with Crippen molar-refractivity contribution in [3.63, 3.8) is 0 Å². The number of aliphatic hydroxyl groups excluding tert-OH is 1. The highest BCUT2D eigenvalue weighted by atomic mass is 16.5. The van der Waals surface area contributed by atoms with Crippen LogP contribution < -0.4 is 19.3 Å². The lowest BCUT2D eigenvalue weighted by Gasteiger charge is -2.27. The smallest absolute Gasteiger partial charge is 0.300 e. The number of amides is 1. The summed E-state index contributed by atoms with van der Waals surface area (Å²) in [5.41, 5.74) is 3.51. The van der Waals surface area contributed by atoms with Gasteiger partial charge in [-0.3, -0.25) is 14.5 Å². The minimum absolute atomic E-state index is 0.0148. The van der Waals surface area contributed by atoms with E-state index in [1.165, 1.54) is 19.1 Å². The Morgan fingerprint density at radius 3 is 2.05 bits per heavy atom. The molecule has 3 aromatic carbocycles. The van der Waals surface area contributed by atoms with Gasteiger partial charge in [-0.1, -0.05) is 45.0 Å². The molecule has 3 aromatic rings. The molecule has 1 fully saturated rings. The third kappa shape index (κ3) is 4.84. The first kappa shape index (κ1) is 26.8. The fraction of sp³-hybridized carbons (Fsp3) is 0.290. The number of carbonyl (C=O) groups excluding carboxylic acids is 2. The van der Waals surface area contributed by atoms with Crippen LogP contribution >= 0.6 is 0 Å². The largest absolute Gasteiger partial charge is 0.507 e. The number of hydrogen-bond acceptors (Lipinski definition) is 6. The van der Waals surface area contributed by atoms with E-state index in [1.54, 1.807) is 18.2 Å². The van der Waals surface area contributed by atoms with Gasteiger partial charge >= 0.3 is 0 Å². The lowest BCUT2D eigenvalue weighted by molar-refractivity contribution is -0.132. The van der Waals surface area contributed by atoms with Gasteiger partial charge < -0.3 is 19.5 Å². The maximum absolute atomic E-state index is 13.6. The Hall–Kier alpha value is -4.26. The number of aliphatic hydroxyl groups is 1. The molecule has 1 atom stereocenters. The molecule has 1 saturated heterocycles. The van der Waals surface area contributed by atoms with Crippen molar-refractivity contribution in [1.82, 2.24) is 0 Å². The topological polar surface area (TPSA) is 79.3 Å². The highest BCUT2D eigenvalue weighted by molar-refractivity contribution is 6.51. The van der Waals surface area contributed by atoms with Crippen molar-refractivity contribution in [3.05, 3.63) is 89.0 Å². The van der Waals surface area contributed by atoms with Crippen molar-refractivity contribution >= 4 is 28.8 Å². The molecule has 0 radical (unpaired) electrons. The first-order valence-corrected chi connectivity index (χ1v) is 12.4. The van der Waals surface area contributed by atoms with Crippen LogP contribution in [0.15, 0.2) is 72.3 Å². The van der Waals surface area contributed by atoms with Crippen LogP contribution in [0.3, 0.4) is 0 Å². The van der Waals surface area contributed by atoms with Crippen molar-refractivity contribution in [2.75, 3.05) is 38.1 Å². The quantitative estimate of drug-likeness (QED) is 0.259. The van der Waals surface area contributed by atoms with Gasteiger partial charge in [0.15, 0.2) is 0 Å². The summed E-state index contributed by atoms with van der Waals surface area (Å²) in [6.07, 6.45) is 0. The predicted molar refractivity (Wildman–Crippen MR) is 150 cm³/mol. The summed E-state index contributed by atoms with van der Waals surface area (Å²) in [7, 11) is 6.86. The van der Waals surface area contributed by atoms with Crippen LogP contribution in [0.5, 0.6) is 11.5 Å². The summed E-state index contributed by atoms with van der Waals surface area (Å²) >= 11 is 0. The van der Waals surface area contributed by atoms with Crippen molar-refractivity contribution in [2.24, 2.45) is 0 Å². The number of rotatable bonds is 6. The summed E-state index contributed by atoms with van der Waals surface area (Å²) in [6.45, 7) is 6.34. The molecule has 0 aliphatic carbocycles. The number of ether oxygens (including phenoxy) is 2. The molecule has 1 amide bonds. The molecule has 7 heteroatoms. The fourth-order valence-electron chi connectivity index (χ4n) is 4.64. The third-order valence-electron chi connectivity index (χ3n) is 6.84. The van der Waals surface area contributed by atoms with E-state index in [-0.39, 0.29) is 22.3 Å². The summed E-state index contributed by atoms with van der Waals surface area (Å²) < 4.78 is 10.8. The maximum atomic E-state index is 13.6. The molecular formula is C31H34N2O5. The zero-order valence-electron chi connectivity index (χ0n) is 22.9. The van der Waals surface area contributed by atoms with Gasteiger partial charge in [-0.05, 0) is 59.0 Å². The summed E-state index contributed by atoms with van der Waals surface area (Å²) in [4.78, 5) is 30.5. The normalized spacial score (nSPS) is 17.0. The van der Waals surface area contributed by atoms with Crippen LogP contribution in [0.1, 0.15) is 43.5 Å². The van der Waals surface area contributed by atoms with E-state index in [4.69, 9.17) is 9.47 Å². The van der Waals surface area contributed by atoms with Gasteiger partial charge in [0.25, 0.3) is 11.7 Å². The summed E-state index contributed by atoms with van der Waals surface area (Å²) in [5.74, 6) is -0.973. The van der Waals surface area contributed by atoms with Gasteiger partial charge in [0.1, 0.15) is 17.3 Å². The second-order valence-corrected chi connectivity index (χ2v) is 10.5. The predicted octanol–water partition coefficient (Wildman–Crippen LogP) is 5.69. The van der Waals surface area contributed by atoms with Crippen molar-refractivity contribution in [2.45, 2.75) is 32.2 Å². The molecule has 1 aliphatic rings. The Morgan fingerprint density at radius 1 is 0.895 bits per heavy atom. The van der Waals surface area contributed by atoms with Crippen LogP contribution in [-0.2, 0) is 15.0 Å². The van der Waals surface area contributed by atoms with E-state index in [0.29, 0.717) is 22.7 Å². The number of ketones is 1. The molecule has 38 heavy (non-hydrogen) atoms. The molecule has 1 unspecified atom stereocenters. The second-order valence-electron chi connectivity index (χ2n) is 10.5. The van der Waals surface area contributed by atoms with Crippen LogP contribution in [0.4, 0.5) is 11.4 Å². The number of anilines is 2. The van der Waals surface area contributed by atoms with Gasteiger partial charge in [-0.25, -0.2) is 0 Å². The number of methoxy groups -OCH3 is 2. The second kappa shape index (κ2) is 10.2. The van der Waals surface area contributed by atoms with E-state index in [1.807, 2.05) is 67.5 Å². The van der Waals surface area contributed by atoms with Crippen LogP contribution in [0.2, 0.25) is 0 Å². The van der Waals surface area contributed by atoms with Gasteiger partial charge in [0, 0.05) is 25.5 Å². The van der Waals surface area contributed by atoms with Crippen molar-refractivity contribution in [3.8, 4) is 11.5 Å². The Labute approximate surface area is 223 Å². The number of Topliss-reactive ketones (excluding diaryl/α,β-unsaturated/α-hetero) is 1. The highest BCUT2D eigenvalue weighted by Crippen LogP contribution is 2.44. The Kier molecular flexibility index (Phi) is 7.22. The van der Waals surface area contributed by atoms with E-state index in [2.05, 4.69) is 20.8 Å². The first-order chi connectivity index (χ1) is 18.0. The Balaban J connectivity index is 1.94. The lowest BCUT2D eigenvalue weighted by atomic mass is 9.87. The molecule has 1 heterocycles. The van der Waals surface area contributed by atoms with Gasteiger partial charge in [-0.15, -0.1) is 0 Å². The molecule has 7 nitrogen and oxygen atoms in total. The van der Waals surface area contributed by atoms with E-state index >= 15 is 0 Å². The van der Waals surface area contributed by atoms with Gasteiger partial charge in [-0.2, -0.15) is 0 Å². The number of nitrogens with zero attached hydrogens (tertiary/aromatic N) is 2. The van der Waals surface area contributed by atoms with E-state index in [0.717, 1.165) is 11.3 Å². The summed E-state index contributed by atoms with van der Waals surface area (Å²) in [5, 5.41) is 11.6. The number of hydrogen-bond donors (Lipinski definition) is 1. The van der Waals surface area contributed by atoms with Crippen molar-refractivity contribution in [1.29, 1.82) is 0 Å². The Morgan fingerprint density at radius 2 is 1.53 bits per heavy atom. The van der Waals surface area contributed by atoms with Crippen molar-refractivity contribution < 1.29 is 24.2 Å². The van der Waals surface area contributed by atoms with Crippen LogP contribution in [-0.4, -0.2) is 45.1 Å². The number of benzene rings is 3.